The van der Waals surface area contributed by atoms with E-state index in [1.54, 1.807) is 0 Å². The van der Waals surface area contributed by atoms with E-state index in [2.05, 4.69) is 9.71 Å². The second-order valence-corrected chi connectivity index (χ2v) is 7.15. The van der Waals surface area contributed by atoms with Gasteiger partial charge in [0.2, 0.25) is 10.0 Å². The minimum absolute atomic E-state index is 0.0503. The van der Waals surface area contributed by atoms with Crippen molar-refractivity contribution >= 4 is 10.0 Å². The molecule has 0 aliphatic heterocycles. The van der Waals surface area contributed by atoms with Gasteiger partial charge >= 0.3 is 0 Å². The SMILES string of the molecule is O=S(=O)(NCc1cncc(F)c1)[C@@H]1C[C@H]1c1ccccc1. The first-order valence-corrected chi connectivity index (χ1v) is 8.24. The molecule has 2 aromatic rings. The fourth-order valence-electron chi connectivity index (χ4n) is 2.41. The van der Waals surface area contributed by atoms with E-state index in [0.717, 1.165) is 11.8 Å². The Bertz CT molecular complexity index is 734. The van der Waals surface area contributed by atoms with Gasteiger partial charge in [-0.05, 0) is 23.6 Å². The molecule has 0 saturated heterocycles. The summed E-state index contributed by atoms with van der Waals surface area (Å²) < 4.78 is 40.0. The van der Waals surface area contributed by atoms with Gasteiger partial charge in [-0.2, -0.15) is 0 Å². The molecule has 1 aromatic carbocycles. The van der Waals surface area contributed by atoms with E-state index in [9.17, 15) is 12.8 Å². The van der Waals surface area contributed by atoms with Crippen LogP contribution in [0.1, 0.15) is 23.5 Å². The zero-order valence-electron chi connectivity index (χ0n) is 11.2. The molecular formula is C15H15FN2O2S. The molecule has 3 rings (SSSR count). The van der Waals surface area contributed by atoms with Gasteiger partial charge in [-0.15, -0.1) is 0 Å². The van der Waals surface area contributed by atoms with Crippen LogP contribution in [0.3, 0.4) is 0 Å². The highest BCUT2D eigenvalue weighted by molar-refractivity contribution is 7.90. The summed E-state index contributed by atoms with van der Waals surface area (Å²) in [4.78, 5) is 3.70. The van der Waals surface area contributed by atoms with Crippen LogP contribution >= 0.6 is 0 Å². The van der Waals surface area contributed by atoms with E-state index in [-0.39, 0.29) is 12.5 Å². The fourth-order valence-corrected chi connectivity index (χ4v) is 4.04. The highest BCUT2D eigenvalue weighted by Crippen LogP contribution is 2.45. The number of hydrogen-bond acceptors (Lipinski definition) is 3. The quantitative estimate of drug-likeness (QED) is 0.921. The van der Waals surface area contributed by atoms with Crippen LogP contribution in [-0.4, -0.2) is 18.7 Å². The van der Waals surface area contributed by atoms with Crippen molar-refractivity contribution in [3.05, 3.63) is 65.7 Å². The third kappa shape index (κ3) is 3.28. The molecule has 1 aromatic heterocycles. The number of rotatable bonds is 5. The Morgan fingerprint density at radius 2 is 2.00 bits per heavy atom. The molecule has 0 radical (unpaired) electrons. The Hall–Kier alpha value is -1.79. The van der Waals surface area contributed by atoms with E-state index in [1.807, 2.05) is 30.3 Å². The first kappa shape index (κ1) is 14.2. The van der Waals surface area contributed by atoms with Gasteiger partial charge in [-0.25, -0.2) is 17.5 Å². The summed E-state index contributed by atoms with van der Waals surface area (Å²) in [5.74, 6) is -0.422. The van der Waals surface area contributed by atoms with Crippen LogP contribution < -0.4 is 4.72 Å². The molecule has 110 valence electrons. The molecule has 1 saturated carbocycles. The number of nitrogens with one attached hydrogen (secondary N) is 1. The average Bonchev–Trinajstić information content (AvgIpc) is 3.28. The summed E-state index contributed by atoms with van der Waals surface area (Å²) in [6.45, 7) is 0.0606. The topological polar surface area (TPSA) is 59.1 Å². The Morgan fingerprint density at radius 3 is 2.71 bits per heavy atom. The van der Waals surface area contributed by atoms with Crippen molar-refractivity contribution in [1.82, 2.24) is 9.71 Å². The molecule has 21 heavy (non-hydrogen) atoms. The molecule has 6 heteroatoms. The maximum atomic E-state index is 13.0. The minimum Gasteiger partial charge on any atom is -0.261 e. The summed E-state index contributed by atoms with van der Waals surface area (Å²) in [5.41, 5.74) is 1.55. The molecule has 0 amide bonds. The fraction of sp³-hybridized carbons (Fsp3) is 0.267. The number of halogens is 1. The molecule has 0 spiro atoms. The normalized spacial score (nSPS) is 21.2. The molecule has 1 N–H and O–H groups in total. The minimum atomic E-state index is -3.40. The van der Waals surface area contributed by atoms with Crippen molar-refractivity contribution in [1.29, 1.82) is 0 Å². The molecule has 1 aliphatic carbocycles. The van der Waals surface area contributed by atoms with Crippen LogP contribution in [-0.2, 0) is 16.6 Å². The van der Waals surface area contributed by atoms with Gasteiger partial charge in [0.1, 0.15) is 5.82 Å². The summed E-state index contributed by atoms with van der Waals surface area (Å²) >= 11 is 0. The third-order valence-electron chi connectivity index (χ3n) is 3.60. The number of sulfonamides is 1. The highest BCUT2D eigenvalue weighted by atomic mass is 32.2. The number of hydrogen-bond donors (Lipinski definition) is 1. The second-order valence-electron chi connectivity index (χ2n) is 5.17. The molecule has 1 heterocycles. The summed E-state index contributed by atoms with van der Waals surface area (Å²) in [5, 5.41) is -0.401. The van der Waals surface area contributed by atoms with Crippen LogP contribution in [0, 0.1) is 5.82 Å². The van der Waals surface area contributed by atoms with Crippen LogP contribution in [0.5, 0.6) is 0 Å². The Balaban J connectivity index is 1.64. The number of aromatic nitrogens is 1. The lowest BCUT2D eigenvalue weighted by Crippen LogP contribution is -2.27. The first-order valence-electron chi connectivity index (χ1n) is 6.69. The largest absolute Gasteiger partial charge is 0.261 e. The van der Waals surface area contributed by atoms with Gasteiger partial charge in [0.25, 0.3) is 0 Å². The van der Waals surface area contributed by atoms with Crippen LogP contribution in [0.25, 0.3) is 0 Å². The molecule has 1 aliphatic rings. The molecule has 1 fully saturated rings. The molecular weight excluding hydrogens is 291 g/mol. The van der Waals surface area contributed by atoms with Crippen LogP contribution in [0.2, 0.25) is 0 Å². The van der Waals surface area contributed by atoms with E-state index in [0.29, 0.717) is 12.0 Å². The van der Waals surface area contributed by atoms with Crippen LogP contribution in [0.15, 0.2) is 48.8 Å². The standard InChI is InChI=1S/C15H15FN2O2S/c16-13-6-11(8-17-10-13)9-18-21(19,20)15-7-14(15)12-4-2-1-3-5-12/h1-6,8,10,14-15,18H,7,9H2/t14-,15+/m0/s1. The second kappa shape index (κ2) is 5.54. The van der Waals surface area contributed by atoms with Crippen molar-refractivity contribution in [2.45, 2.75) is 24.1 Å². The monoisotopic (exact) mass is 306 g/mol. The molecule has 0 unspecified atom stereocenters. The zero-order valence-corrected chi connectivity index (χ0v) is 12.1. The van der Waals surface area contributed by atoms with Crippen LogP contribution in [0.4, 0.5) is 4.39 Å². The van der Waals surface area contributed by atoms with Crippen molar-refractivity contribution in [3.8, 4) is 0 Å². The molecule has 4 nitrogen and oxygen atoms in total. The van der Waals surface area contributed by atoms with Gasteiger partial charge in [0.15, 0.2) is 0 Å². The lowest BCUT2D eigenvalue weighted by Gasteiger charge is -2.06. The molecule has 2 atom stereocenters. The van der Waals surface area contributed by atoms with E-state index >= 15 is 0 Å². The van der Waals surface area contributed by atoms with Gasteiger partial charge in [0.05, 0.1) is 11.4 Å². The van der Waals surface area contributed by atoms with Crippen molar-refractivity contribution < 1.29 is 12.8 Å². The number of nitrogens with zero attached hydrogens (tertiary/aromatic N) is 1. The first-order chi connectivity index (χ1) is 10.1. The Kier molecular flexibility index (Phi) is 3.73. The van der Waals surface area contributed by atoms with Gasteiger partial charge < -0.3 is 0 Å². The summed E-state index contributed by atoms with van der Waals surface area (Å²) in [6, 6.07) is 10.9. The zero-order chi connectivity index (χ0) is 14.9. The summed E-state index contributed by atoms with van der Waals surface area (Å²) in [7, 11) is -3.40. The average molecular weight is 306 g/mol. The number of pyridine rings is 1. The van der Waals surface area contributed by atoms with Gasteiger partial charge in [-0.3, -0.25) is 4.98 Å². The Labute approximate surface area is 123 Å². The Morgan fingerprint density at radius 1 is 1.24 bits per heavy atom. The summed E-state index contributed by atoms with van der Waals surface area (Å²) in [6.07, 6.45) is 3.16. The third-order valence-corrected chi connectivity index (χ3v) is 5.46. The van der Waals surface area contributed by atoms with Crippen molar-refractivity contribution in [2.24, 2.45) is 0 Å². The van der Waals surface area contributed by atoms with E-state index in [4.69, 9.17) is 0 Å². The lowest BCUT2D eigenvalue weighted by molar-refractivity contribution is 0.577. The lowest BCUT2D eigenvalue weighted by atomic mass is 10.1. The van der Waals surface area contributed by atoms with E-state index < -0.39 is 21.1 Å². The predicted octanol–water partition coefficient (Wildman–Crippen LogP) is 2.20. The maximum Gasteiger partial charge on any atom is 0.215 e. The van der Waals surface area contributed by atoms with E-state index in [1.165, 1.54) is 12.3 Å². The number of benzene rings is 1. The van der Waals surface area contributed by atoms with Gasteiger partial charge in [0, 0.05) is 18.7 Å². The highest BCUT2D eigenvalue weighted by Gasteiger charge is 2.47. The maximum absolute atomic E-state index is 13.0. The smallest absolute Gasteiger partial charge is 0.215 e. The van der Waals surface area contributed by atoms with Crippen molar-refractivity contribution in [2.75, 3.05) is 0 Å². The molecule has 0 bridgehead atoms. The van der Waals surface area contributed by atoms with Crippen molar-refractivity contribution in [3.63, 3.8) is 0 Å². The van der Waals surface area contributed by atoms with Gasteiger partial charge in [-0.1, -0.05) is 30.3 Å². The predicted molar refractivity (Wildman–Crippen MR) is 77.5 cm³/mol.